The molecule has 7 heteroatoms. The number of halogens is 1. The van der Waals surface area contributed by atoms with Gasteiger partial charge in [-0.3, -0.25) is 4.57 Å². The zero-order chi connectivity index (χ0) is 14.8. The van der Waals surface area contributed by atoms with Crippen LogP contribution in [0.1, 0.15) is 31.3 Å². The average Bonchev–Trinajstić information content (AvgIpc) is 2.81. The molecule has 0 unspecified atom stereocenters. The van der Waals surface area contributed by atoms with Gasteiger partial charge in [0.05, 0.1) is 0 Å². The van der Waals surface area contributed by atoms with Crippen molar-refractivity contribution >= 4 is 19.7 Å². The molecule has 0 bridgehead atoms. The van der Waals surface area contributed by atoms with E-state index in [-0.39, 0.29) is 11.2 Å². The Kier molecular flexibility index (Phi) is 4.45. The summed E-state index contributed by atoms with van der Waals surface area (Å²) in [5.41, 5.74) is 1.17. The normalized spacial score (nSPS) is 12.0. The SMILES string of the molecule is CC(C)n1c(CCc2ccccc2)nnc1S(=O)(=O)Cl. The fourth-order valence-corrected chi connectivity index (χ4v) is 3.07. The van der Waals surface area contributed by atoms with Gasteiger partial charge in [0.2, 0.25) is 0 Å². The van der Waals surface area contributed by atoms with Gasteiger partial charge in [0.25, 0.3) is 14.2 Å². The third kappa shape index (κ3) is 3.37. The Morgan fingerprint density at radius 3 is 2.35 bits per heavy atom. The molecular weight excluding hydrogens is 298 g/mol. The van der Waals surface area contributed by atoms with Gasteiger partial charge in [-0.25, -0.2) is 8.42 Å². The Morgan fingerprint density at radius 1 is 1.15 bits per heavy atom. The molecule has 0 aliphatic rings. The number of hydrogen-bond donors (Lipinski definition) is 0. The van der Waals surface area contributed by atoms with Crippen molar-refractivity contribution in [3.05, 3.63) is 41.7 Å². The zero-order valence-electron chi connectivity index (χ0n) is 11.3. The van der Waals surface area contributed by atoms with Crippen LogP contribution in [0.5, 0.6) is 0 Å². The summed E-state index contributed by atoms with van der Waals surface area (Å²) in [6, 6.07) is 9.87. The lowest BCUT2D eigenvalue weighted by Gasteiger charge is -2.12. The van der Waals surface area contributed by atoms with Crippen molar-refractivity contribution in [1.29, 1.82) is 0 Å². The average molecular weight is 314 g/mol. The van der Waals surface area contributed by atoms with Gasteiger partial charge in [-0.1, -0.05) is 30.3 Å². The third-order valence-corrected chi connectivity index (χ3v) is 4.08. The van der Waals surface area contributed by atoms with Crippen molar-refractivity contribution < 1.29 is 8.42 Å². The highest BCUT2D eigenvalue weighted by Crippen LogP contribution is 2.20. The molecule has 0 spiro atoms. The van der Waals surface area contributed by atoms with Crippen LogP contribution in [0.25, 0.3) is 0 Å². The molecule has 0 saturated carbocycles. The lowest BCUT2D eigenvalue weighted by atomic mass is 10.1. The van der Waals surface area contributed by atoms with Crippen LogP contribution < -0.4 is 0 Å². The van der Waals surface area contributed by atoms with Crippen molar-refractivity contribution in [2.24, 2.45) is 0 Å². The van der Waals surface area contributed by atoms with Crippen LogP contribution in [0.3, 0.4) is 0 Å². The van der Waals surface area contributed by atoms with Crippen molar-refractivity contribution in [2.75, 3.05) is 0 Å². The van der Waals surface area contributed by atoms with Gasteiger partial charge in [-0.15, -0.1) is 10.2 Å². The number of hydrogen-bond acceptors (Lipinski definition) is 4. The van der Waals surface area contributed by atoms with Crippen LogP contribution in [0.15, 0.2) is 35.5 Å². The number of nitrogens with zero attached hydrogens (tertiary/aromatic N) is 3. The zero-order valence-corrected chi connectivity index (χ0v) is 12.9. The third-order valence-electron chi connectivity index (χ3n) is 2.95. The first kappa shape index (κ1) is 15.0. The number of aromatic nitrogens is 3. The predicted molar refractivity (Wildman–Crippen MR) is 77.3 cm³/mol. The van der Waals surface area contributed by atoms with Crippen molar-refractivity contribution in [3.63, 3.8) is 0 Å². The summed E-state index contributed by atoms with van der Waals surface area (Å²) in [6.45, 7) is 3.75. The van der Waals surface area contributed by atoms with Crippen molar-refractivity contribution in [3.8, 4) is 0 Å². The summed E-state index contributed by atoms with van der Waals surface area (Å²) in [5.74, 6) is 0.628. The lowest BCUT2D eigenvalue weighted by Crippen LogP contribution is -2.12. The van der Waals surface area contributed by atoms with Crippen LogP contribution in [0.2, 0.25) is 0 Å². The Labute approximate surface area is 123 Å². The first-order valence-electron chi connectivity index (χ1n) is 6.32. The van der Waals surface area contributed by atoms with Gasteiger partial charge in [0.1, 0.15) is 5.82 Å². The molecule has 0 radical (unpaired) electrons. The molecule has 0 atom stereocenters. The highest BCUT2D eigenvalue weighted by Gasteiger charge is 2.23. The molecule has 0 aliphatic carbocycles. The van der Waals surface area contributed by atoms with Gasteiger partial charge < -0.3 is 0 Å². The minimum atomic E-state index is -3.88. The molecule has 0 amide bonds. The molecule has 108 valence electrons. The molecule has 0 fully saturated rings. The minimum Gasteiger partial charge on any atom is -0.298 e. The molecule has 1 heterocycles. The number of rotatable bonds is 5. The first-order valence-corrected chi connectivity index (χ1v) is 8.63. The van der Waals surface area contributed by atoms with E-state index in [0.29, 0.717) is 12.2 Å². The van der Waals surface area contributed by atoms with Crippen LogP contribution in [-0.2, 0) is 21.9 Å². The maximum Gasteiger partial charge on any atom is 0.296 e. The van der Waals surface area contributed by atoms with Crippen molar-refractivity contribution in [1.82, 2.24) is 14.8 Å². The summed E-state index contributed by atoms with van der Waals surface area (Å²) < 4.78 is 24.6. The molecule has 20 heavy (non-hydrogen) atoms. The second kappa shape index (κ2) is 5.93. The van der Waals surface area contributed by atoms with E-state index in [2.05, 4.69) is 10.2 Å². The smallest absolute Gasteiger partial charge is 0.296 e. The molecule has 1 aromatic carbocycles. The Bertz CT molecular complexity index is 681. The summed E-state index contributed by atoms with van der Waals surface area (Å²) in [5, 5.41) is 7.50. The second-order valence-electron chi connectivity index (χ2n) is 4.79. The van der Waals surface area contributed by atoms with Gasteiger partial charge in [-0.2, -0.15) is 0 Å². The monoisotopic (exact) mass is 313 g/mol. The maximum atomic E-state index is 11.5. The summed E-state index contributed by atoms with van der Waals surface area (Å²) in [6.07, 6.45) is 1.38. The van der Waals surface area contributed by atoms with Gasteiger partial charge in [0.15, 0.2) is 0 Å². The Hall–Kier alpha value is -1.40. The summed E-state index contributed by atoms with van der Waals surface area (Å²) in [7, 11) is 1.51. The van der Waals surface area contributed by atoms with Gasteiger partial charge in [0, 0.05) is 23.1 Å². The quantitative estimate of drug-likeness (QED) is 0.796. The topological polar surface area (TPSA) is 64.8 Å². The fraction of sp³-hybridized carbons (Fsp3) is 0.385. The predicted octanol–water partition coefficient (Wildman–Crippen LogP) is 2.57. The summed E-state index contributed by atoms with van der Waals surface area (Å²) >= 11 is 0. The van der Waals surface area contributed by atoms with E-state index in [4.69, 9.17) is 10.7 Å². The van der Waals surface area contributed by atoms with E-state index in [1.165, 1.54) is 5.56 Å². The molecule has 0 saturated heterocycles. The Morgan fingerprint density at radius 2 is 1.80 bits per heavy atom. The van der Waals surface area contributed by atoms with Gasteiger partial charge >= 0.3 is 0 Å². The molecule has 5 nitrogen and oxygen atoms in total. The molecule has 1 aromatic heterocycles. The largest absolute Gasteiger partial charge is 0.298 e. The lowest BCUT2D eigenvalue weighted by molar-refractivity contribution is 0.507. The van der Waals surface area contributed by atoms with E-state index in [1.807, 2.05) is 44.2 Å². The first-order chi connectivity index (χ1) is 9.39. The molecule has 0 aliphatic heterocycles. The van der Waals surface area contributed by atoms with E-state index in [9.17, 15) is 8.42 Å². The Balaban J connectivity index is 2.27. The van der Waals surface area contributed by atoms with E-state index in [0.717, 1.165) is 6.42 Å². The van der Waals surface area contributed by atoms with E-state index in [1.54, 1.807) is 4.57 Å². The standard InChI is InChI=1S/C13H16ClN3O2S/c1-10(2)17-12(15-16-13(17)20(14,18)19)9-8-11-6-4-3-5-7-11/h3-7,10H,8-9H2,1-2H3. The minimum absolute atomic E-state index is 0.0701. The van der Waals surface area contributed by atoms with E-state index < -0.39 is 9.05 Å². The van der Waals surface area contributed by atoms with Crippen molar-refractivity contribution in [2.45, 2.75) is 37.9 Å². The fourth-order valence-electron chi connectivity index (χ4n) is 2.06. The molecule has 2 rings (SSSR count). The highest BCUT2D eigenvalue weighted by atomic mass is 35.7. The maximum absolute atomic E-state index is 11.5. The van der Waals surface area contributed by atoms with E-state index >= 15 is 0 Å². The highest BCUT2D eigenvalue weighted by molar-refractivity contribution is 8.13. The number of benzene rings is 1. The molecule has 0 N–H and O–H groups in total. The summed E-state index contributed by atoms with van der Waals surface area (Å²) in [4.78, 5) is 0. The van der Waals surface area contributed by atoms with Crippen LogP contribution in [0, 0.1) is 0 Å². The number of aryl methyl sites for hydroxylation is 2. The van der Waals surface area contributed by atoms with Crippen LogP contribution in [-0.4, -0.2) is 23.2 Å². The van der Waals surface area contributed by atoms with Crippen LogP contribution >= 0.6 is 10.7 Å². The molecule has 2 aromatic rings. The van der Waals surface area contributed by atoms with Crippen LogP contribution in [0.4, 0.5) is 0 Å². The van der Waals surface area contributed by atoms with Gasteiger partial charge in [-0.05, 0) is 25.8 Å². The molecular formula is C13H16ClN3O2S. The second-order valence-corrected chi connectivity index (χ2v) is 7.25.